The van der Waals surface area contributed by atoms with Crippen LogP contribution >= 0.6 is 0 Å². The van der Waals surface area contributed by atoms with Gasteiger partial charge < -0.3 is 19.6 Å². The van der Waals surface area contributed by atoms with Gasteiger partial charge in [0.05, 0.1) is 5.71 Å². The smallest absolute Gasteiger partial charge is 0.271 e. The van der Waals surface area contributed by atoms with E-state index in [0.29, 0.717) is 43.0 Å². The molecule has 0 saturated carbocycles. The number of rotatable bonds is 7. The maximum absolute atomic E-state index is 13.2. The summed E-state index contributed by atoms with van der Waals surface area (Å²) in [6.07, 6.45) is 4.83. The molecule has 176 valence electrons. The number of hydrogen-bond donors (Lipinski definition) is 1. The van der Waals surface area contributed by atoms with E-state index in [2.05, 4.69) is 10.1 Å². The molecule has 1 aromatic carbocycles. The van der Waals surface area contributed by atoms with Crippen LogP contribution in [-0.2, 0) is 6.54 Å². The van der Waals surface area contributed by atoms with Gasteiger partial charge in [-0.25, -0.2) is 4.39 Å². The number of aryl methyl sites for hydroxylation is 1. The van der Waals surface area contributed by atoms with E-state index in [1.807, 2.05) is 28.7 Å². The fourth-order valence-electron chi connectivity index (χ4n) is 4.90. The maximum atomic E-state index is 13.2. The summed E-state index contributed by atoms with van der Waals surface area (Å²) < 4.78 is 15.0. The molecule has 33 heavy (non-hydrogen) atoms. The first-order valence-corrected chi connectivity index (χ1v) is 11.7. The standard InChI is InChI=1S/C25H31FN4O3/c1-2-29-16-10-21-22(27-33)11-17-30(25(32)23(21)29)13-3-12-28-14-8-19(9-15-28)24(31)18-4-6-20(26)7-5-18/h4-7,10,16,19,33H,2-3,8-9,11-15,17H2,1H3. The zero-order valence-corrected chi connectivity index (χ0v) is 19.0. The average molecular weight is 455 g/mol. The van der Waals surface area contributed by atoms with Crippen LogP contribution in [0.5, 0.6) is 0 Å². The fourth-order valence-corrected chi connectivity index (χ4v) is 4.90. The summed E-state index contributed by atoms with van der Waals surface area (Å²) in [6.45, 7) is 6.39. The lowest BCUT2D eigenvalue weighted by molar-refractivity contribution is 0.0732. The number of Topliss-reactive ketones (excluding diaryl/α,β-unsaturated/α-hetero) is 1. The van der Waals surface area contributed by atoms with Crippen LogP contribution in [0.3, 0.4) is 0 Å². The number of amides is 1. The van der Waals surface area contributed by atoms with Gasteiger partial charge in [-0.1, -0.05) is 5.16 Å². The highest BCUT2D eigenvalue weighted by atomic mass is 19.1. The number of likely N-dealkylation sites (tertiary alicyclic amines) is 1. The minimum Gasteiger partial charge on any atom is -0.411 e. The van der Waals surface area contributed by atoms with Crippen LogP contribution in [0.2, 0.25) is 0 Å². The number of piperidine rings is 1. The van der Waals surface area contributed by atoms with Crippen LogP contribution in [0.1, 0.15) is 59.0 Å². The molecular weight excluding hydrogens is 423 g/mol. The summed E-state index contributed by atoms with van der Waals surface area (Å²) >= 11 is 0. The van der Waals surface area contributed by atoms with E-state index in [1.165, 1.54) is 12.1 Å². The Bertz CT molecular complexity index is 1020. The first-order chi connectivity index (χ1) is 16.0. The molecule has 3 heterocycles. The predicted molar refractivity (Wildman–Crippen MR) is 123 cm³/mol. The van der Waals surface area contributed by atoms with Crippen LogP contribution in [0.15, 0.2) is 41.7 Å². The minimum absolute atomic E-state index is 0.0147. The van der Waals surface area contributed by atoms with E-state index in [4.69, 9.17) is 0 Å². The second kappa shape index (κ2) is 10.3. The fraction of sp³-hybridized carbons (Fsp3) is 0.480. The van der Waals surface area contributed by atoms with Crippen molar-refractivity contribution >= 4 is 17.4 Å². The van der Waals surface area contributed by atoms with Crippen molar-refractivity contribution in [1.29, 1.82) is 0 Å². The number of carbonyl (C=O) groups excluding carboxylic acids is 2. The third kappa shape index (κ3) is 5.00. The number of nitrogens with zero attached hydrogens (tertiary/aromatic N) is 4. The van der Waals surface area contributed by atoms with Crippen LogP contribution < -0.4 is 0 Å². The van der Waals surface area contributed by atoms with Gasteiger partial charge in [-0.3, -0.25) is 9.59 Å². The van der Waals surface area contributed by atoms with Crippen molar-refractivity contribution in [2.45, 2.75) is 39.2 Å². The molecule has 0 bridgehead atoms. The maximum Gasteiger partial charge on any atom is 0.271 e. The van der Waals surface area contributed by atoms with Crippen LogP contribution in [0, 0.1) is 11.7 Å². The lowest BCUT2D eigenvalue weighted by Gasteiger charge is -2.32. The molecule has 7 nitrogen and oxygen atoms in total. The number of halogens is 1. The molecule has 4 rings (SSSR count). The van der Waals surface area contributed by atoms with Crippen LogP contribution in [0.25, 0.3) is 0 Å². The Balaban J connectivity index is 1.28. The largest absolute Gasteiger partial charge is 0.411 e. The van der Waals surface area contributed by atoms with Crippen LogP contribution in [0.4, 0.5) is 4.39 Å². The van der Waals surface area contributed by atoms with Gasteiger partial charge in [-0.05, 0) is 76.2 Å². The molecule has 8 heteroatoms. The lowest BCUT2D eigenvalue weighted by atomic mass is 9.89. The highest BCUT2D eigenvalue weighted by molar-refractivity contribution is 6.11. The zero-order valence-electron chi connectivity index (χ0n) is 19.0. The third-order valence-corrected chi connectivity index (χ3v) is 6.83. The first kappa shape index (κ1) is 23.2. The normalized spacial score (nSPS) is 19.0. The summed E-state index contributed by atoms with van der Waals surface area (Å²) in [5.74, 6) is -0.265. The molecule has 0 spiro atoms. The van der Waals surface area contributed by atoms with Crippen molar-refractivity contribution < 1.29 is 19.2 Å². The van der Waals surface area contributed by atoms with E-state index in [-0.39, 0.29) is 23.4 Å². The van der Waals surface area contributed by atoms with E-state index in [1.54, 1.807) is 12.1 Å². The number of fused-ring (bicyclic) bond motifs is 1. The number of benzene rings is 1. The number of oxime groups is 1. The monoisotopic (exact) mass is 454 g/mol. The zero-order chi connectivity index (χ0) is 23.4. The van der Waals surface area contributed by atoms with Crippen molar-refractivity contribution in [3.05, 3.63) is 59.2 Å². The summed E-state index contributed by atoms with van der Waals surface area (Å²) in [6, 6.07) is 7.65. The molecule has 0 radical (unpaired) electrons. The van der Waals surface area contributed by atoms with Crippen molar-refractivity contribution in [2.75, 3.05) is 32.7 Å². The van der Waals surface area contributed by atoms with E-state index in [0.717, 1.165) is 44.5 Å². The summed E-state index contributed by atoms with van der Waals surface area (Å²) in [4.78, 5) is 30.1. The van der Waals surface area contributed by atoms with Gasteiger partial charge in [0.25, 0.3) is 5.91 Å². The van der Waals surface area contributed by atoms with Gasteiger partial charge in [-0.15, -0.1) is 0 Å². The van der Waals surface area contributed by atoms with E-state index in [9.17, 15) is 19.2 Å². The average Bonchev–Trinajstić information content (AvgIpc) is 3.22. The van der Waals surface area contributed by atoms with Crippen molar-refractivity contribution in [2.24, 2.45) is 11.1 Å². The molecule has 2 aromatic rings. The van der Waals surface area contributed by atoms with Crippen LogP contribution in [-0.4, -0.2) is 69.7 Å². The first-order valence-electron chi connectivity index (χ1n) is 11.7. The molecule has 0 aliphatic carbocycles. The summed E-state index contributed by atoms with van der Waals surface area (Å²) in [7, 11) is 0. The lowest BCUT2D eigenvalue weighted by Crippen LogP contribution is -2.39. The van der Waals surface area contributed by atoms with Gasteiger partial charge in [0.15, 0.2) is 5.78 Å². The molecule has 2 aliphatic rings. The van der Waals surface area contributed by atoms with E-state index < -0.39 is 0 Å². The molecule has 0 atom stereocenters. The van der Waals surface area contributed by atoms with Crippen molar-refractivity contribution in [1.82, 2.24) is 14.4 Å². The van der Waals surface area contributed by atoms with Crippen molar-refractivity contribution in [3.8, 4) is 0 Å². The Kier molecular flexibility index (Phi) is 7.23. The van der Waals surface area contributed by atoms with Gasteiger partial charge in [0.2, 0.25) is 0 Å². The highest BCUT2D eigenvalue weighted by Crippen LogP contribution is 2.23. The minimum atomic E-state index is -0.330. The summed E-state index contributed by atoms with van der Waals surface area (Å²) in [5.41, 5.74) is 2.46. The van der Waals surface area contributed by atoms with Gasteiger partial charge >= 0.3 is 0 Å². The molecular formula is C25H31FN4O3. The number of carbonyl (C=O) groups is 2. The Morgan fingerprint density at radius 1 is 1.12 bits per heavy atom. The number of hydrogen-bond acceptors (Lipinski definition) is 5. The Morgan fingerprint density at radius 3 is 2.52 bits per heavy atom. The second-order valence-electron chi connectivity index (χ2n) is 8.79. The molecule has 1 aromatic heterocycles. The Morgan fingerprint density at radius 2 is 1.85 bits per heavy atom. The SMILES string of the molecule is CCn1ccc2c1C(=O)N(CCCN1CCC(C(=O)c3ccc(F)cc3)CC1)CCC2=NO. The molecule has 1 saturated heterocycles. The molecule has 0 unspecified atom stereocenters. The second-order valence-corrected chi connectivity index (χ2v) is 8.79. The van der Waals surface area contributed by atoms with Gasteiger partial charge in [-0.2, -0.15) is 0 Å². The molecule has 1 amide bonds. The molecule has 2 aliphatic heterocycles. The van der Waals surface area contributed by atoms with Crippen molar-refractivity contribution in [3.63, 3.8) is 0 Å². The Hall–Kier alpha value is -3.00. The summed E-state index contributed by atoms with van der Waals surface area (Å²) in [5, 5.41) is 12.8. The number of aromatic nitrogens is 1. The molecule has 1 fully saturated rings. The quantitative estimate of drug-likeness (QED) is 0.394. The third-order valence-electron chi connectivity index (χ3n) is 6.83. The predicted octanol–water partition coefficient (Wildman–Crippen LogP) is 3.66. The van der Waals surface area contributed by atoms with Gasteiger partial charge in [0.1, 0.15) is 11.5 Å². The topological polar surface area (TPSA) is 78.1 Å². The number of ketones is 1. The van der Waals surface area contributed by atoms with Gasteiger partial charge in [0, 0.05) is 49.3 Å². The Labute approximate surface area is 193 Å². The molecule has 1 N–H and O–H groups in total. The van der Waals surface area contributed by atoms with E-state index >= 15 is 0 Å². The highest BCUT2D eigenvalue weighted by Gasteiger charge is 2.30.